The van der Waals surface area contributed by atoms with Crippen molar-refractivity contribution in [1.82, 2.24) is 4.90 Å². The van der Waals surface area contributed by atoms with Crippen molar-refractivity contribution in [2.45, 2.75) is 211 Å². The van der Waals surface area contributed by atoms with E-state index in [1.54, 1.807) is 0 Å². The van der Waals surface area contributed by atoms with E-state index in [2.05, 4.69) is 57.1 Å². The number of halogens is 3. The van der Waals surface area contributed by atoms with Gasteiger partial charge in [0.1, 0.15) is 11.6 Å². The number of alkyl halides is 3. The highest BCUT2D eigenvalue weighted by Gasteiger charge is 2.21. The average molecular weight is 749 g/mol. The Labute approximate surface area is 321 Å². The van der Waals surface area contributed by atoms with Crippen LogP contribution in [0.5, 0.6) is 0 Å². The third-order valence-corrected chi connectivity index (χ3v) is 9.26. The molecule has 6 heteroatoms. The molecule has 3 nitrogen and oxygen atoms in total. The van der Waals surface area contributed by atoms with Crippen molar-refractivity contribution < 1.29 is 9.59 Å². The predicted molar refractivity (Wildman–Crippen MR) is 222 cm³/mol. The van der Waals surface area contributed by atoms with Gasteiger partial charge in [-0.3, -0.25) is 9.59 Å². The van der Waals surface area contributed by atoms with Crippen molar-refractivity contribution in [3.8, 4) is 0 Å². The second kappa shape index (κ2) is 42.1. The molecule has 0 radical (unpaired) electrons. The maximum absolute atomic E-state index is 13.1. The molecule has 290 valence electrons. The molecule has 0 aromatic rings. The van der Waals surface area contributed by atoms with Crippen LogP contribution in [-0.4, -0.2) is 41.4 Å². The summed E-state index contributed by atoms with van der Waals surface area (Å²) in [5.74, 6) is 0.543. The highest BCUT2D eigenvalue weighted by atomic mass is 35.6. The van der Waals surface area contributed by atoms with Gasteiger partial charge in [0.2, 0.25) is 0 Å². The maximum atomic E-state index is 13.1. The minimum atomic E-state index is -0.750. The molecule has 0 aliphatic carbocycles. The van der Waals surface area contributed by atoms with Gasteiger partial charge >= 0.3 is 0 Å². The van der Waals surface area contributed by atoms with Gasteiger partial charge in [-0.2, -0.15) is 0 Å². The molecule has 0 N–H and O–H groups in total. The van der Waals surface area contributed by atoms with Crippen molar-refractivity contribution in [1.29, 1.82) is 0 Å². The van der Waals surface area contributed by atoms with Gasteiger partial charge in [-0.25, -0.2) is 0 Å². The van der Waals surface area contributed by atoms with Crippen LogP contribution in [0.3, 0.4) is 0 Å². The summed E-state index contributed by atoms with van der Waals surface area (Å²) < 4.78 is -0.750. The zero-order valence-corrected chi connectivity index (χ0v) is 35.0. The summed E-state index contributed by atoms with van der Waals surface area (Å²) in [4.78, 5) is 28.0. The fourth-order valence-corrected chi connectivity index (χ4v) is 6.13. The van der Waals surface area contributed by atoms with E-state index in [0.717, 1.165) is 38.6 Å². The fourth-order valence-electron chi connectivity index (χ4n) is 6.13. The first-order valence-electron chi connectivity index (χ1n) is 20.7. The Hall–Kier alpha value is -0.350. The number of nitrogens with zero attached hydrogens (tertiary/aromatic N) is 1. The number of hydrogen-bond acceptors (Lipinski definition) is 3. The van der Waals surface area contributed by atoms with Gasteiger partial charge in [0, 0.05) is 25.2 Å². The van der Waals surface area contributed by atoms with Crippen molar-refractivity contribution in [2.75, 3.05) is 20.6 Å². The van der Waals surface area contributed by atoms with Crippen LogP contribution in [0.1, 0.15) is 206 Å². The zero-order valence-electron chi connectivity index (χ0n) is 32.8. The van der Waals surface area contributed by atoms with E-state index in [4.69, 9.17) is 34.8 Å². The van der Waals surface area contributed by atoms with Gasteiger partial charge in [-0.15, -0.1) is 0 Å². The third kappa shape index (κ3) is 45.6. The fraction of sp³-hybridized carbons (Fsp3) is 0.860. The van der Waals surface area contributed by atoms with Crippen LogP contribution in [0.2, 0.25) is 0 Å². The summed E-state index contributed by atoms with van der Waals surface area (Å²) in [5, 5.41) is 0. The van der Waals surface area contributed by atoms with E-state index in [0.29, 0.717) is 30.8 Å². The summed E-state index contributed by atoms with van der Waals surface area (Å²) in [6, 6.07) is 0. The molecule has 1 atom stereocenters. The molecule has 0 aromatic carbocycles. The number of unbranched alkanes of at least 4 members (excludes halogenated alkanes) is 22. The lowest BCUT2D eigenvalue weighted by Crippen LogP contribution is -2.24. The second-order valence-corrected chi connectivity index (χ2v) is 16.4. The monoisotopic (exact) mass is 748 g/mol. The number of Topliss-reactive ketones (excluding diaryl/α,β-unsaturated/α-hetero) is 2. The number of hydrogen-bond donors (Lipinski definition) is 0. The van der Waals surface area contributed by atoms with E-state index in [9.17, 15) is 9.59 Å². The van der Waals surface area contributed by atoms with Gasteiger partial charge in [0.25, 0.3) is 0 Å². The molecule has 0 saturated carbocycles. The molecule has 49 heavy (non-hydrogen) atoms. The summed E-state index contributed by atoms with van der Waals surface area (Å²) in [6.07, 6.45) is 45.1. The third-order valence-electron chi connectivity index (χ3n) is 9.26. The zero-order chi connectivity index (χ0) is 36.6. The lowest BCUT2D eigenvalue weighted by Gasteiger charge is -2.18. The van der Waals surface area contributed by atoms with Crippen LogP contribution >= 0.6 is 34.8 Å². The summed E-state index contributed by atoms with van der Waals surface area (Å²) in [7, 11) is 4.11. The molecule has 0 heterocycles. The molecule has 0 rings (SSSR count). The number of allylic oxidation sites excluding steroid dienone is 4. The van der Waals surface area contributed by atoms with E-state index in [1.165, 1.54) is 141 Å². The lowest BCUT2D eigenvalue weighted by atomic mass is 9.89. The van der Waals surface area contributed by atoms with Crippen molar-refractivity contribution in [3.63, 3.8) is 0 Å². The van der Waals surface area contributed by atoms with Gasteiger partial charge in [0.05, 0.1) is 0 Å². The van der Waals surface area contributed by atoms with Crippen LogP contribution < -0.4 is 0 Å². The Morgan fingerprint density at radius 3 is 1.20 bits per heavy atom. The predicted octanol–water partition coefficient (Wildman–Crippen LogP) is 15.1. The normalized spacial score (nSPS) is 12.3. The largest absolute Gasteiger partial charge is 0.309 e. The molecular weight excluding hydrogens is 669 g/mol. The van der Waals surface area contributed by atoms with Gasteiger partial charge < -0.3 is 4.90 Å². The first-order valence-corrected chi connectivity index (χ1v) is 22.0. The Morgan fingerprint density at radius 2 is 0.837 bits per heavy atom. The topological polar surface area (TPSA) is 37.4 Å². The molecule has 0 saturated heterocycles. The first-order chi connectivity index (χ1) is 23.7. The number of carbonyl (C=O) groups excluding carboxylic acids is 2. The molecule has 0 aromatic heterocycles. The minimum absolute atomic E-state index is 0.0835. The lowest BCUT2D eigenvalue weighted by molar-refractivity contribution is -0.128. The average Bonchev–Trinajstić information content (AvgIpc) is 3.06. The second-order valence-electron chi connectivity index (χ2n) is 14.4. The summed E-state index contributed by atoms with van der Waals surface area (Å²) in [6.45, 7) is 5.43. The van der Waals surface area contributed by atoms with E-state index in [-0.39, 0.29) is 5.92 Å². The SMILES string of the molecule is CCCCCCCC/C=C\CCCCCCCC(=O)CC(CCN(C)C)C(=O)CCCCCCC/C=C\CCCCCCCC.ClC(Cl)Cl. The highest BCUT2D eigenvalue weighted by molar-refractivity contribution is 6.63. The molecule has 1 unspecified atom stereocenters. The Kier molecular flexibility index (Phi) is 43.6. The van der Waals surface area contributed by atoms with Gasteiger partial charge in [0.15, 0.2) is 4.30 Å². The minimum Gasteiger partial charge on any atom is -0.309 e. The van der Waals surface area contributed by atoms with Crippen LogP contribution in [0.25, 0.3) is 0 Å². The maximum Gasteiger partial charge on any atom is 0.180 e. The van der Waals surface area contributed by atoms with E-state index in [1.807, 2.05) is 0 Å². The molecule has 0 aliphatic heterocycles. The molecule has 0 amide bonds. The van der Waals surface area contributed by atoms with Crippen molar-refractivity contribution in [3.05, 3.63) is 24.3 Å². The summed E-state index contributed by atoms with van der Waals surface area (Å²) >= 11 is 14.4. The van der Waals surface area contributed by atoms with Crippen LogP contribution in [0.15, 0.2) is 24.3 Å². The van der Waals surface area contributed by atoms with Crippen LogP contribution in [0, 0.1) is 5.92 Å². The van der Waals surface area contributed by atoms with Crippen molar-refractivity contribution in [2.24, 2.45) is 5.92 Å². The standard InChI is InChI=1S/C42H79NO2.CHCl3/c1-5-7-9-11-13-15-17-19-21-23-25-27-29-31-33-35-41(44)39-40(37-38-43(3)4)42(45)36-34-32-30-28-26-24-22-20-18-16-14-12-10-8-6-2;2-1(3)4/h19-22,40H,5-18,23-39H2,1-4H3;1H/b21-19-,22-20-;. The Bertz CT molecular complexity index is 751. The number of ketones is 2. The molecular formula is C43H80Cl3NO2. The van der Waals surface area contributed by atoms with Crippen LogP contribution in [-0.2, 0) is 9.59 Å². The Morgan fingerprint density at radius 1 is 0.510 bits per heavy atom. The Balaban J connectivity index is 0. The van der Waals surface area contributed by atoms with Crippen LogP contribution in [0.4, 0.5) is 0 Å². The van der Waals surface area contributed by atoms with E-state index >= 15 is 0 Å². The van der Waals surface area contributed by atoms with Gasteiger partial charge in [-0.1, -0.05) is 176 Å². The molecule has 0 bridgehead atoms. The molecule has 0 aliphatic rings. The number of carbonyl (C=O) groups is 2. The quantitative estimate of drug-likeness (QED) is 0.0364. The highest BCUT2D eigenvalue weighted by Crippen LogP contribution is 2.19. The van der Waals surface area contributed by atoms with Gasteiger partial charge in [-0.05, 0) is 91.3 Å². The number of rotatable bonds is 36. The smallest absolute Gasteiger partial charge is 0.180 e. The summed E-state index contributed by atoms with van der Waals surface area (Å²) in [5.41, 5.74) is 0. The van der Waals surface area contributed by atoms with Crippen molar-refractivity contribution >= 4 is 46.4 Å². The first kappa shape index (κ1) is 50.8. The molecule has 0 fully saturated rings. The van der Waals surface area contributed by atoms with E-state index < -0.39 is 4.30 Å². The molecule has 0 spiro atoms.